The van der Waals surface area contributed by atoms with Gasteiger partial charge in [0.1, 0.15) is 0 Å². The number of rotatable bonds is 6. The van der Waals surface area contributed by atoms with Crippen LogP contribution in [0.25, 0.3) is 0 Å². The maximum atomic E-state index is 9.91. The SMILES string of the molecule is COc1cc(CN(C)C[C@@H]2CCC[C@H]2O)cc(Cl)c1OC. The summed E-state index contributed by atoms with van der Waals surface area (Å²) in [7, 11) is 5.25. The first kappa shape index (κ1) is 16.4. The lowest BCUT2D eigenvalue weighted by Crippen LogP contribution is -2.29. The molecule has 5 heteroatoms. The molecule has 1 fully saturated rings. The Morgan fingerprint density at radius 3 is 2.62 bits per heavy atom. The summed E-state index contributed by atoms with van der Waals surface area (Å²) < 4.78 is 10.6. The summed E-state index contributed by atoms with van der Waals surface area (Å²) in [5.41, 5.74) is 1.08. The van der Waals surface area contributed by atoms with Crippen molar-refractivity contribution >= 4 is 11.6 Å². The minimum atomic E-state index is -0.151. The number of ether oxygens (including phenoxy) is 2. The van der Waals surface area contributed by atoms with Gasteiger partial charge in [-0.25, -0.2) is 0 Å². The van der Waals surface area contributed by atoms with Crippen LogP contribution in [0.5, 0.6) is 11.5 Å². The Hall–Kier alpha value is -0.970. The fraction of sp³-hybridized carbons (Fsp3) is 0.625. The number of aliphatic hydroxyl groups excluding tert-OH is 1. The van der Waals surface area contributed by atoms with Crippen LogP contribution in [-0.2, 0) is 6.54 Å². The quantitative estimate of drug-likeness (QED) is 0.877. The zero-order valence-electron chi connectivity index (χ0n) is 12.9. The Bertz CT molecular complexity index is 481. The molecule has 0 saturated heterocycles. The summed E-state index contributed by atoms with van der Waals surface area (Å²) in [6, 6.07) is 3.86. The molecule has 0 amide bonds. The number of hydrogen-bond acceptors (Lipinski definition) is 4. The van der Waals surface area contributed by atoms with Gasteiger partial charge in [0, 0.05) is 13.1 Å². The number of hydrogen-bond donors (Lipinski definition) is 1. The summed E-state index contributed by atoms with van der Waals surface area (Å²) >= 11 is 6.23. The highest BCUT2D eigenvalue weighted by molar-refractivity contribution is 6.32. The van der Waals surface area contributed by atoms with Crippen LogP contribution in [0.2, 0.25) is 5.02 Å². The molecule has 2 rings (SSSR count). The molecule has 1 N–H and O–H groups in total. The van der Waals surface area contributed by atoms with Gasteiger partial charge >= 0.3 is 0 Å². The van der Waals surface area contributed by atoms with Crippen LogP contribution in [-0.4, -0.2) is 43.9 Å². The van der Waals surface area contributed by atoms with Crippen molar-refractivity contribution < 1.29 is 14.6 Å². The van der Waals surface area contributed by atoms with E-state index in [0.717, 1.165) is 37.9 Å². The van der Waals surface area contributed by atoms with E-state index in [4.69, 9.17) is 21.1 Å². The molecule has 0 unspecified atom stereocenters. The van der Waals surface area contributed by atoms with Crippen molar-refractivity contribution in [3.05, 3.63) is 22.7 Å². The van der Waals surface area contributed by atoms with Gasteiger partial charge in [-0.3, -0.25) is 0 Å². The van der Waals surface area contributed by atoms with Crippen molar-refractivity contribution in [2.45, 2.75) is 31.9 Å². The minimum Gasteiger partial charge on any atom is -0.493 e. The Balaban J connectivity index is 2.03. The highest BCUT2D eigenvalue weighted by Crippen LogP contribution is 2.36. The maximum absolute atomic E-state index is 9.91. The highest BCUT2D eigenvalue weighted by atomic mass is 35.5. The number of nitrogens with zero attached hydrogens (tertiary/aromatic N) is 1. The fourth-order valence-corrected chi connectivity index (χ4v) is 3.38. The first-order chi connectivity index (χ1) is 10.0. The maximum Gasteiger partial charge on any atom is 0.179 e. The molecule has 1 aliphatic rings. The summed E-state index contributed by atoms with van der Waals surface area (Å²) in [6.07, 6.45) is 3.02. The Kier molecular flexibility index (Phi) is 5.73. The zero-order chi connectivity index (χ0) is 15.4. The van der Waals surface area contributed by atoms with Crippen molar-refractivity contribution in [2.75, 3.05) is 27.8 Å². The van der Waals surface area contributed by atoms with Gasteiger partial charge in [0.25, 0.3) is 0 Å². The lowest BCUT2D eigenvalue weighted by atomic mass is 10.1. The molecule has 2 atom stereocenters. The standard InChI is InChI=1S/C16H24ClNO3/c1-18(10-12-5-4-6-14(12)19)9-11-7-13(17)16(21-3)15(8-11)20-2/h7-8,12,14,19H,4-6,9-10H2,1-3H3/t12-,14+/m0/s1. The molecule has 1 aliphatic carbocycles. The van der Waals surface area contributed by atoms with Crippen molar-refractivity contribution in [3.63, 3.8) is 0 Å². The highest BCUT2D eigenvalue weighted by Gasteiger charge is 2.26. The number of aliphatic hydroxyl groups is 1. The van der Waals surface area contributed by atoms with Gasteiger partial charge in [-0.05, 0) is 43.5 Å². The van der Waals surface area contributed by atoms with Gasteiger partial charge in [-0.15, -0.1) is 0 Å². The zero-order valence-corrected chi connectivity index (χ0v) is 13.7. The fourth-order valence-electron chi connectivity index (χ4n) is 3.07. The van der Waals surface area contributed by atoms with Crippen molar-refractivity contribution in [1.29, 1.82) is 0 Å². The second-order valence-electron chi connectivity index (χ2n) is 5.77. The molecule has 118 valence electrons. The van der Waals surface area contributed by atoms with E-state index in [0.29, 0.717) is 22.4 Å². The molecule has 0 radical (unpaired) electrons. The van der Waals surface area contributed by atoms with E-state index in [-0.39, 0.29) is 6.10 Å². The number of halogens is 1. The molecule has 0 aliphatic heterocycles. The largest absolute Gasteiger partial charge is 0.493 e. The van der Waals surface area contributed by atoms with E-state index in [1.807, 2.05) is 12.1 Å². The van der Waals surface area contributed by atoms with Gasteiger partial charge < -0.3 is 19.5 Å². The molecule has 4 nitrogen and oxygen atoms in total. The van der Waals surface area contributed by atoms with Crippen LogP contribution < -0.4 is 9.47 Å². The number of benzene rings is 1. The molecule has 0 bridgehead atoms. The Morgan fingerprint density at radius 1 is 1.29 bits per heavy atom. The lowest BCUT2D eigenvalue weighted by Gasteiger charge is -2.23. The lowest BCUT2D eigenvalue weighted by molar-refractivity contribution is 0.108. The number of methoxy groups -OCH3 is 2. The molecular weight excluding hydrogens is 290 g/mol. The van der Waals surface area contributed by atoms with Gasteiger partial charge in [-0.2, -0.15) is 0 Å². The van der Waals surface area contributed by atoms with Crippen LogP contribution in [0.4, 0.5) is 0 Å². The van der Waals surface area contributed by atoms with Gasteiger partial charge in [0.15, 0.2) is 11.5 Å². The first-order valence-electron chi connectivity index (χ1n) is 7.32. The molecule has 1 saturated carbocycles. The first-order valence-corrected chi connectivity index (χ1v) is 7.70. The Morgan fingerprint density at radius 2 is 2.05 bits per heavy atom. The van der Waals surface area contributed by atoms with E-state index >= 15 is 0 Å². The van der Waals surface area contributed by atoms with Crippen LogP contribution in [0.3, 0.4) is 0 Å². The van der Waals surface area contributed by atoms with Crippen LogP contribution >= 0.6 is 11.6 Å². The van der Waals surface area contributed by atoms with E-state index in [1.165, 1.54) is 0 Å². The van der Waals surface area contributed by atoms with Crippen LogP contribution in [0.1, 0.15) is 24.8 Å². The third kappa shape index (κ3) is 4.02. The average molecular weight is 314 g/mol. The average Bonchev–Trinajstić information content (AvgIpc) is 2.83. The second-order valence-corrected chi connectivity index (χ2v) is 6.18. The summed E-state index contributed by atoms with van der Waals surface area (Å²) in [4.78, 5) is 2.22. The van der Waals surface area contributed by atoms with Crippen LogP contribution in [0.15, 0.2) is 12.1 Å². The predicted molar refractivity (Wildman–Crippen MR) is 84.2 cm³/mol. The minimum absolute atomic E-state index is 0.151. The van der Waals surface area contributed by atoms with Crippen molar-refractivity contribution in [3.8, 4) is 11.5 Å². The van der Waals surface area contributed by atoms with E-state index in [9.17, 15) is 5.11 Å². The molecular formula is C16H24ClNO3. The van der Waals surface area contributed by atoms with E-state index < -0.39 is 0 Å². The molecule has 21 heavy (non-hydrogen) atoms. The normalized spacial score (nSPS) is 21.8. The summed E-state index contributed by atoms with van der Waals surface area (Å²) in [5, 5.41) is 10.5. The monoisotopic (exact) mass is 313 g/mol. The topological polar surface area (TPSA) is 41.9 Å². The van der Waals surface area contributed by atoms with Gasteiger partial charge in [-0.1, -0.05) is 18.0 Å². The molecule has 1 aromatic rings. The Labute approximate surface area is 131 Å². The smallest absolute Gasteiger partial charge is 0.179 e. The second kappa shape index (κ2) is 7.34. The summed E-state index contributed by atoms with van der Waals surface area (Å²) in [5.74, 6) is 1.59. The van der Waals surface area contributed by atoms with E-state index in [2.05, 4.69) is 11.9 Å². The van der Waals surface area contributed by atoms with Gasteiger partial charge in [0.2, 0.25) is 0 Å². The molecule has 1 aromatic carbocycles. The van der Waals surface area contributed by atoms with Crippen molar-refractivity contribution in [2.24, 2.45) is 5.92 Å². The van der Waals surface area contributed by atoms with Crippen LogP contribution in [0, 0.1) is 5.92 Å². The molecule has 0 heterocycles. The van der Waals surface area contributed by atoms with Gasteiger partial charge in [0.05, 0.1) is 25.3 Å². The molecule has 0 spiro atoms. The third-order valence-corrected chi connectivity index (χ3v) is 4.39. The predicted octanol–water partition coefficient (Wildman–Crippen LogP) is 2.95. The van der Waals surface area contributed by atoms with E-state index in [1.54, 1.807) is 14.2 Å². The van der Waals surface area contributed by atoms with Crippen molar-refractivity contribution in [1.82, 2.24) is 4.90 Å². The third-order valence-electron chi connectivity index (χ3n) is 4.11. The molecule has 0 aromatic heterocycles. The summed E-state index contributed by atoms with van der Waals surface area (Å²) in [6.45, 7) is 1.66.